The fourth-order valence-electron chi connectivity index (χ4n) is 2.63. The average Bonchev–Trinajstić information content (AvgIpc) is 3.22. The largest absolute Gasteiger partial charge is 0.431 e. The van der Waals surface area contributed by atoms with Crippen molar-refractivity contribution in [2.75, 3.05) is 18.4 Å². The summed E-state index contributed by atoms with van der Waals surface area (Å²) in [6.45, 7) is 0.00353. The molecule has 0 bridgehead atoms. The first-order valence-corrected chi connectivity index (χ1v) is 9.81. The van der Waals surface area contributed by atoms with Gasteiger partial charge in [0.15, 0.2) is 5.69 Å². The van der Waals surface area contributed by atoms with Gasteiger partial charge in [-0.05, 0) is 24.6 Å². The topological polar surface area (TPSA) is 105 Å². The fraction of sp³-hybridized carbons (Fsp3) is 0.375. The Morgan fingerprint density at radius 3 is 2.60 bits per heavy atom. The van der Waals surface area contributed by atoms with Gasteiger partial charge in [-0.2, -0.15) is 30.9 Å². The van der Waals surface area contributed by atoms with E-state index < -0.39 is 59.0 Å². The molecule has 1 aliphatic heterocycles. The highest BCUT2D eigenvalue weighted by molar-refractivity contribution is 7.87. The van der Waals surface area contributed by atoms with Crippen LogP contribution in [0, 0.1) is 6.92 Å². The van der Waals surface area contributed by atoms with Crippen molar-refractivity contribution in [2.24, 2.45) is 0 Å². The summed E-state index contributed by atoms with van der Waals surface area (Å²) in [5.41, 5.74) is -1.01. The van der Waals surface area contributed by atoms with Gasteiger partial charge in [0, 0.05) is 18.7 Å². The van der Waals surface area contributed by atoms with Crippen molar-refractivity contribution >= 4 is 27.8 Å². The van der Waals surface area contributed by atoms with Crippen molar-refractivity contribution in [1.29, 1.82) is 0 Å². The number of hydrogen-bond acceptors (Lipinski definition) is 6. The van der Waals surface area contributed by atoms with E-state index in [-0.39, 0.29) is 11.7 Å². The van der Waals surface area contributed by atoms with Gasteiger partial charge < -0.3 is 9.73 Å². The van der Waals surface area contributed by atoms with Crippen LogP contribution in [0.25, 0.3) is 0 Å². The number of anilines is 2. The summed E-state index contributed by atoms with van der Waals surface area (Å²) < 4.78 is 96.1. The van der Waals surface area contributed by atoms with Gasteiger partial charge in [-0.25, -0.2) is 13.5 Å². The van der Waals surface area contributed by atoms with Crippen LogP contribution in [0.3, 0.4) is 0 Å². The molecule has 0 saturated carbocycles. The summed E-state index contributed by atoms with van der Waals surface area (Å²) in [5, 5.41) is 2.47. The molecule has 1 aromatic carbocycles. The smallest absolute Gasteiger partial charge is 0.416 e. The molecule has 14 heteroatoms. The van der Waals surface area contributed by atoms with Gasteiger partial charge in [-0.15, -0.1) is 0 Å². The van der Waals surface area contributed by atoms with Gasteiger partial charge in [0.1, 0.15) is 6.26 Å². The fourth-order valence-corrected chi connectivity index (χ4v) is 3.79. The van der Waals surface area contributed by atoms with Gasteiger partial charge in [0.2, 0.25) is 0 Å². The molecular weight excluding hydrogens is 439 g/mol. The summed E-state index contributed by atoms with van der Waals surface area (Å²) in [6, 6.07) is 2.56. The number of nitrogens with zero attached hydrogens (tertiary/aromatic N) is 2. The number of carbonyl (C=O) groups is 1. The zero-order valence-electron chi connectivity index (χ0n) is 15.3. The molecule has 1 aliphatic rings. The van der Waals surface area contributed by atoms with E-state index in [4.69, 9.17) is 4.42 Å². The highest BCUT2D eigenvalue weighted by Crippen LogP contribution is 2.33. The minimum absolute atomic E-state index is 0.00514. The van der Waals surface area contributed by atoms with Crippen LogP contribution in [0.2, 0.25) is 0 Å². The van der Waals surface area contributed by atoms with Gasteiger partial charge in [-0.3, -0.25) is 4.79 Å². The third-order valence-corrected chi connectivity index (χ3v) is 5.67. The van der Waals surface area contributed by atoms with Crippen LogP contribution < -0.4 is 10.0 Å². The number of benzene rings is 1. The lowest BCUT2D eigenvalue weighted by molar-refractivity contribution is -0.137. The zero-order valence-corrected chi connectivity index (χ0v) is 16.1. The molecular formula is C16H15F5N4O4S. The van der Waals surface area contributed by atoms with Crippen LogP contribution in [0.4, 0.5) is 33.7 Å². The first-order chi connectivity index (χ1) is 13.8. The maximum atomic E-state index is 13.2. The molecule has 0 radical (unpaired) electrons. The second-order valence-electron chi connectivity index (χ2n) is 6.57. The molecule has 0 unspecified atom stereocenters. The Bertz CT molecular complexity index is 1070. The van der Waals surface area contributed by atoms with Crippen LogP contribution in [0.5, 0.6) is 0 Å². The quantitative estimate of drug-likeness (QED) is 0.673. The number of amides is 1. The first-order valence-electron chi connectivity index (χ1n) is 8.37. The monoisotopic (exact) mass is 454 g/mol. The molecule has 3 rings (SSSR count). The van der Waals surface area contributed by atoms with Crippen molar-refractivity contribution in [3.05, 3.63) is 41.3 Å². The summed E-state index contributed by atoms with van der Waals surface area (Å²) in [5.74, 6) is -4.44. The number of carbonyl (C=O) groups excluding carboxylic acids is 1. The van der Waals surface area contributed by atoms with Crippen LogP contribution >= 0.6 is 0 Å². The lowest BCUT2D eigenvalue weighted by Gasteiger charge is -2.15. The molecule has 8 nitrogen and oxygen atoms in total. The van der Waals surface area contributed by atoms with Crippen molar-refractivity contribution < 1.29 is 39.6 Å². The number of alkyl halides is 5. The van der Waals surface area contributed by atoms with E-state index in [1.165, 1.54) is 13.0 Å². The number of nitrogens with one attached hydrogen (secondary N) is 2. The molecule has 30 heavy (non-hydrogen) atoms. The maximum absolute atomic E-state index is 13.2. The molecule has 1 saturated heterocycles. The Balaban J connectivity index is 1.72. The number of halogens is 5. The van der Waals surface area contributed by atoms with E-state index in [0.717, 1.165) is 18.4 Å². The van der Waals surface area contributed by atoms with Crippen LogP contribution in [0.15, 0.2) is 28.9 Å². The van der Waals surface area contributed by atoms with Crippen molar-refractivity contribution in [2.45, 2.75) is 25.4 Å². The summed E-state index contributed by atoms with van der Waals surface area (Å²) in [7, 11) is -4.53. The third kappa shape index (κ3) is 4.87. The van der Waals surface area contributed by atoms with E-state index >= 15 is 0 Å². The molecule has 0 aliphatic carbocycles. The molecule has 164 valence electrons. The highest BCUT2D eigenvalue weighted by atomic mass is 32.2. The van der Waals surface area contributed by atoms with Gasteiger partial charge >= 0.3 is 16.4 Å². The summed E-state index contributed by atoms with van der Waals surface area (Å²) in [6.07, 6.45) is -4.47. The molecule has 2 aromatic rings. The van der Waals surface area contributed by atoms with Gasteiger partial charge in [0.25, 0.3) is 17.8 Å². The second-order valence-corrected chi connectivity index (χ2v) is 8.24. The summed E-state index contributed by atoms with van der Waals surface area (Å²) >= 11 is 0. The zero-order chi connectivity index (χ0) is 22.3. The standard InChI is InChI=1S/C16H15F5N4O4S/c1-9-2-3-10(16(19,20)21)6-11(9)22-14-23-12(7-29-14)13(26)24-30(27,28)25-5-4-15(17,18)8-25/h2-3,6-7H,4-5,8H2,1H3,(H,22,23)(H,24,26). The van der Waals surface area contributed by atoms with Crippen LogP contribution in [0.1, 0.15) is 28.0 Å². The highest BCUT2D eigenvalue weighted by Gasteiger charge is 2.44. The predicted molar refractivity (Wildman–Crippen MR) is 93.5 cm³/mol. The van der Waals surface area contributed by atoms with Crippen LogP contribution in [-0.2, 0) is 16.4 Å². The van der Waals surface area contributed by atoms with Gasteiger partial charge in [-0.1, -0.05) is 6.07 Å². The molecule has 2 heterocycles. The SMILES string of the molecule is Cc1ccc(C(F)(F)F)cc1Nc1nc(C(=O)NS(=O)(=O)N2CCC(F)(F)C2)co1. The lowest BCUT2D eigenvalue weighted by Crippen LogP contribution is -2.43. The number of rotatable bonds is 5. The van der Waals surface area contributed by atoms with E-state index in [1.54, 1.807) is 4.72 Å². The van der Waals surface area contributed by atoms with Crippen molar-refractivity contribution in [1.82, 2.24) is 14.0 Å². The Hall–Kier alpha value is -2.74. The Kier molecular flexibility index (Phi) is 5.49. The first kappa shape index (κ1) is 22.0. The Labute approximate surface area is 167 Å². The minimum atomic E-state index is -4.58. The molecule has 1 amide bonds. The number of oxazole rings is 1. The normalized spacial score (nSPS) is 17.1. The van der Waals surface area contributed by atoms with Gasteiger partial charge in [0.05, 0.1) is 12.1 Å². The van der Waals surface area contributed by atoms with E-state index in [9.17, 15) is 35.2 Å². The molecule has 1 aromatic heterocycles. The molecule has 2 N–H and O–H groups in total. The van der Waals surface area contributed by atoms with E-state index in [1.807, 2.05) is 0 Å². The molecule has 0 spiro atoms. The average molecular weight is 454 g/mol. The lowest BCUT2D eigenvalue weighted by atomic mass is 10.1. The molecule has 0 atom stereocenters. The second kappa shape index (κ2) is 7.50. The van der Waals surface area contributed by atoms with Crippen LogP contribution in [-0.4, -0.2) is 42.6 Å². The predicted octanol–water partition coefficient (Wildman–Crippen LogP) is 3.06. The Morgan fingerprint density at radius 1 is 1.30 bits per heavy atom. The number of aryl methyl sites for hydroxylation is 1. The minimum Gasteiger partial charge on any atom is -0.431 e. The molecule has 1 fully saturated rings. The third-order valence-electron chi connectivity index (χ3n) is 4.24. The number of hydrogen-bond donors (Lipinski definition) is 2. The number of aromatic nitrogens is 1. The van der Waals surface area contributed by atoms with Crippen molar-refractivity contribution in [3.63, 3.8) is 0 Å². The summed E-state index contributed by atoms with van der Waals surface area (Å²) in [4.78, 5) is 15.8. The maximum Gasteiger partial charge on any atom is 0.416 e. The Morgan fingerprint density at radius 2 is 2.00 bits per heavy atom. The van der Waals surface area contributed by atoms with E-state index in [0.29, 0.717) is 9.87 Å². The van der Waals surface area contributed by atoms with E-state index in [2.05, 4.69) is 10.3 Å². The van der Waals surface area contributed by atoms with Crippen molar-refractivity contribution in [3.8, 4) is 0 Å².